The van der Waals surface area contributed by atoms with Gasteiger partial charge in [-0.3, -0.25) is 4.79 Å². The first-order chi connectivity index (χ1) is 7.13. The third kappa shape index (κ3) is 1.53. The van der Waals surface area contributed by atoms with Gasteiger partial charge in [-0.25, -0.2) is 4.39 Å². The summed E-state index contributed by atoms with van der Waals surface area (Å²) in [5, 5.41) is 0.357. The third-order valence-corrected chi connectivity index (χ3v) is 2.38. The molecule has 0 bridgehead atoms. The van der Waals surface area contributed by atoms with Gasteiger partial charge in [-0.15, -0.1) is 0 Å². The molecule has 3 N–H and O–H groups in total. The van der Waals surface area contributed by atoms with Crippen molar-refractivity contribution in [2.24, 2.45) is 5.73 Å². The minimum atomic E-state index is -0.411. The van der Waals surface area contributed by atoms with Crippen molar-refractivity contribution in [3.8, 4) is 0 Å². The fourth-order valence-electron chi connectivity index (χ4n) is 1.62. The lowest BCUT2D eigenvalue weighted by Gasteiger charge is -2.03. The minimum absolute atomic E-state index is 0.154. The molecule has 0 amide bonds. The molecule has 0 aliphatic rings. The number of benzene rings is 1. The van der Waals surface area contributed by atoms with E-state index in [1.807, 2.05) is 0 Å². The van der Waals surface area contributed by atoms with Crippen LogP contribution < -0.4 is 11.2 Å². The van der Waals surface area contributed by atoms with E-state index in [4.69, 9.17) is 5.73 Å². The lowest BCUT2D eigenvalue weighted by Crippen LogP contribution is -2.14. The predicted molar refractivity (Wildman–Crippen MR) is 57.2 cm³/mol. The Morgan fingerprint density at radius 3 is 2.87 bits per heavy atom. The van der Waals surface area contributed by atoms with Gasteiger partial charge in [0.1, 0.15) is 5.82 Å². The Kier molecular flexibility index (Phi) is 2.28. The van der Waals surface area contributed by atoms with Crippen molar-refractivity contribution in [2.75, 3.05) is 0 Å². The monoisotopic (exact) mass is 206 g/mol. The van der Waals surface area contributed by atoms with Gasteiger partial charge in [0.2, 0.25) is 0 Å². The number of pyridine rings is 1. The van der Waals surface area contributed by atoms with E-state index in [0.717, 1.165) is 5.56 Å². The van der Waals surface area contributed by atoms with Crippen molar-refractivity contribution in [1.29, 1.82) is 0 Å². The predicted octanol–water partition coefficient (Wildman–Crippen LogP) is 1.43. The van der Waals surface area contributed by atoms with Crippen molar-refractivity contribution in [2.45, 2.75) is 13.5 Å². The number of hydrogen-bond donors (Lipinski definition) is 2. The molecule has 0 spiro atoms. The summed E-state index contributed by atoms with van der Waals surface area (Å²) in [5.41, 5.74) is 6.63. The molecule has 1 aromatic heterocycles. The van der Waals surface area contributed by atoms with Crippen molar-refractivity contribution in [1.82, 2.24) is 4.98 Å². The summed E-state index contributed by atoms with van der Waals surface area (Å²) < 4.78 is 13.5. The minimum Gasteiger partial charge on any atom is -0.358 e. The van der Waals surface area contributed by atoms with Crippen LogP contribution in [0.25, 0.3) is 10.9 Å². The molecule has 78 valence electrons. The second-order valence-electron chi connectivity index (χ2n) is 3.52. The quantitative estimate of drug-likeness (QED) is 0.741. The Balaban J connectivity index is 2.93. The highest BCUT2D eigenvalue weighted by molar-refractivity contribution is 5.80. The Morgan fingerprint density at radius 2 is 2.20 bits per heavy atom. The number of hydrogen-bond acceptors (Lipinski definition) is 2. The van der Waals surface area contributed by atoms with Crippen LogP contribution in [0.2, 0.25) is 0 Å². The second kappa shape index (κ2) is 3.47. The van der Waals surface area contributed by atoms with E-state index in [-0.39, 0.29) is 17.5 Å². The van der Waals surface area contributed by atoms with Gasteiger partial charge >= 0.3 is 0 Å². The van der Waals surface area contributed by atoms with E-state index in [1.54, 1.807) is 13.0 Å². The molecular weight excluding hydrogens is 195 g/mol. The van der Waals surface area contributed by atoms with Crippen LogP contribution in [0.3, 0.4) is 0 Å². The molecule has 1 heterocycles. The van der Waals surface area contributed by atoms with Gasteiger partial charge in [-0.1, -0.05) is 0 Å². The van der Waals surface area contributed by atoms with Crippen LogP contribution in [0.5, 0.6) is 0 Å². The van der Waals surface area contributed by atoms with Crippen LogP contribution in [-0.2, 0) is 6.54 Å². The smallest absolute Gasteiger partial charge is 0.193 e. The Hall–Kier alpha value is -1.68. The average Bonchev–Trinajstić information content (AvgIpc) is 2.19. The summed E-state index contributed by atoms with van der Waals surface area (Å²) in [4.78, 5) is 14.5. The van der Waals surface area contributed by atoms with Gasteiger partial charge in [0.05, 0.1) is 5.52 Å². The lowest BCUT2D eigenvalue weighted by atomic mass is 10.1. The Morgan fingerprint density at radius 1 is 1.47 bits per heavy atom. The maximum Gasteiger partial charge on any atom is 0.193 e. The van der Waals surface area contributed by atoms with Gasteiger partial charge in [0.15, 0.2) is 5.43 Å². The van der Waals surface area contributed by atoms with Crippen molar-refractivity contribution < 1.29 is 4.39 Å². The molecule has 0 aliphatic carbocycles. The molecule has 0 fully saturated rings. The van der Waals surface area contributed by atoms with Crippen LogP contribution in [0.15, 0.2) is 23.1 Å². The van der Waals surface area contributed by atoms with Gasteiger partial charge in [0, 0.05) is 23.7 Å². The standard InChI is InChI=1S/C11H11FN2O/c1-6-2-8-10(9(12)3-6)14-5-7(4-13)11(8)15/h2-3,5H,4,13H2,1H3,(H,14,15). The fourth-order valence-corrected chi connectivity index (χ4v) is 1.62. The number of aromatic nitrogens is 1. The van der Waals surface area contributed by atoms with Gasteiger partial charge < -0.3 is 10.7 Å². The van der Waals surface area contributed by atoms with E-state index >= 15 is 0 Å². The zero-order chi connectivity index (χ0) is 11.0. The van der Waals surface area contributed by atoms with Crippen molar-refractivity contribution in [3.05, 3.63) is 45.5 Å². The molecule has 0 radical (unpaired) electrons. The van der Waals surface area contributed by atoms with E-state index < -0.39 is 5.82 Å². The number of rotatable bonds is 1. The molecule has 2 rings (SSSR count). The number of nitrogens with one attached hydrogen (secondary N) is 1. The van der Waals surface area contributed by atoms with E-state index in [1.165, 1.54) is 12.3 Å². The van der Waals surface area contributed by atoms with Crippen molar-refractivity contribution in [3.63, 3.8) is 0 Å². The first-order valence-electron chi connectivity index (χ1n) is 4.64. The van der Waals surface area contributed by atoms with Gasteiger partial charge in [0.25, 0.3) is 0 Å². The molecular formula is C11H11FN2O. The normalized spacial score (nSPS) is 10.9. The third-order valence-electron chi connectivity index (χ3n) is 2.38. The topological polar surface area (TPSA) is 58.9 Å². The SMILES string of the molecule is Cc1cc(F)c2[nH]cc(CN)c(=O)c2c1. The summed E-state index contributed by atoms with van der Waals surface area (Å²) in [5.74, 6) is -0.411. The molecule has 15 heavy (non-hydrogen) atoms. The Labute approximate surface area is 85.7 Å². The largest absolute Gasteiger partial charge is 0.358 e. The number of H-pyrrole nitrogens is 1. The van der Waals surface area contributed by atoms with E-state index in [9.17, 15) is 9.18 Å². The summed E-state index contributed by atoms with van der Waals surface area (Å²) in [6.45, 7) is 1.90. The average molecular weight is 206 g/mol. The molecule has 0 atom stereocenters. The summed E-state index contributed by atoms with van der Waals surface area (Å²) >= 11 is 0. The summed E-state index contributed by atoms with van der Waals surface area (Å²) in [7, 11) is 0. The lowest BCUT2D eigenvalue weighted by molar-refractivity contribution is 0.635. The highest BCUT2D eigenvalue weighted by Gasteiger charge is 2.07. The molecule has 2 aromatic rings. The molecule has 3 nitrogen and oxygen atoms in total. The van der Waals surface area contributed by atoms with Gasteiger partial charge in [-0.05, 0) is 24.6 Å². The van der Waals surface area contributed by atoms with Crippen LogP contribution >= 0.6 is 0 Å². The van der Waals surface area contributed by atoms with E-state index in [2.05, 4.69) is 4.98 Å². The molecule has 1 aromatic carbocycles. The fraction of sp³-hybridized carbons (Fsp3) is 0.182. The maximum absolute atomic E-state index is 13.5. The molecule has 4 heteroatoms. The molecule has 0 unspecified atom stereocenters. The first-order valence-corrected chi connectivity index (χ1v) is 4.64. The van der Waals surface area contributed by atoms with Crippen LogP contribution in [-0.4, -0.2) is 4.98 Å². The summed E-state index contributed by atoms with van der Waals surface area (Å²) in [6.07, 6.45) is 1.46. The first kappa shape index (κ1) is 9.86. The van der Waals surface area contributed by atoms with Crippen LogP contribution in [0, 0.1) is 12.7 Å². The van der Waals surface area contributed by atoms with Gasteiger partial charge in [-0.2, -0.15) is 0 Å². The van der Waals surface area contributed by atoms with E-state index in [0.29, 0.717) is 10.9 Å². The number of nitrogens with two attached hydrogens (primary N) is 1. The van der Waals surface area contributed by atoms with Crippen LogP contribution in [0.4, 0.5) is 4.39 Å². The van der Waals surface area contributed by atoms with Crippen molar-refractivity contribution >= 4 is 10.9 Å². The van der Waals surface area contributed by atoms with Crippen LogP contribution in [0.1, 0.15) is 11.1 Å². The highest BCUT2D eigenvalue weighted by Crippen LogP contribution is 2.14. The number of fused-ring (bicyclic) bond motifs is 1. The molecule has 0 saturated carbocycles. The second-order valence-corrected chi connectivity index (χ2v) is 3.52. The number of halogens is 1. The Bertz CT molecular complexity index is 575. The number of aromatic amines is 1. The summed E-state index contributed by atoms with van der Waals surface area (Å²) in [6, 6.07) is 3.05. The zero-order valence-corrected chi connectivity index (χ0v) is 8.30. The molecule has 0 saturated heterocycles. The molecule has 0 aliphatic heterocycles. The maximum atomic E-state index is 13.5. The zero-order valence-electron chi connectivity index (χ0n) is 8.30. The highest BCUT2D eigenvalue weighted by atomic mass is 19.1. The number of aryl methyl sites for hydroxylation is 1.